The number of carboxylic acid groups (broad SMARTS) is 1. The van der Waals surface area contributed by atoms with Gasteiger partial charge < -0.3 is 10.4 Å². The van der Waals surface area contributed by atoms with Gasteiger partial charge in [-0.3, -0.25) is 14.4 Å². The van der Waals surface area contributed by atoms with Gasteiger partial charge in [0.2, 0.25) is 5.91 Å². The summed E-state index contributed by atoms with van der Waals surface area (Å²) in [5.74, 6) is -1.21. The summed E-state index contributed by atoms with van der Waals surface area (Å²) in [4.78, 5) is 31.9. The van der Waals surface area contributed by atoms with E-state index in [2.05, 4.69) is 5.32 Å². The van der Waals surface area contributed by atoms with Gasteiger partial charge in [-0.15, -0.1) is 0 Å². The Hall–Kier alpha value is -1.39. The van der Waals surface area contributed by atoms with Gasteiger partial charge >= 0.3 is 5.97 Å². The van der Waals surface area contributed by atoms with E-state index >= 15 is 0 Å². The summed E-state index contributed by atoms with van der Waals surface area (Å²) < 4.78 is 0. The molecule has 0 radical (unpaired) electrons. The molecule has 0 aliphatic heterocycles. The maximum Gasteiger partial charge on any atom is 0.303 e. The molecule has 2 N–H and O–H groups in total. The van der Waals surface area contributed by atoms with Gasteiger partial charge in [0, 0.05) is 19.3 Å². The van der Waals surface area contributed by atoms with Crippen LogP contribution in [-0.4, -0.2) is 29.3 Å². The summed E-state index contributed by atoms with van der Waals surface area (Å²) in [5.41, 5.74) is 0. The molecule has 0 aliphatic rings. The number of Topliss-reactive ketones (excluding diaryl/α,β-unsaturated/α-hetero) is 1. The summed E-state index contributed by atoms with van der Waals surface area (Å²) in [6.45, 7) is 1.70. The van der Waals surface area contributed by atoms with Crippen LogP contribution in [0.1, 0.15) is 32.6 Å². The van der Waals surface area contributed by atoms with E-state index < -0.39 is 5.97 Å². The van der Waals surface area contributed by atoms with Crippen molar-refractivity contribution in [2.45, 2.75) is 32.6 Å². The van der Waals surface area contributed by atoms with Crippen LogP contribution >= 0.6 is 0 Å². The van der Waals surface area contributed by atoms with Crippen molar-refractivity contribution in [1.82, 2.24) is 5.32 Å². The third kappa shape index (κ3) is 7.27. The minimum atomic E-state index is -0.907. The number of aliphatic carboxylic acids is 1. The number of amides is 1. The summed E-state index contributed by atoms with van der Waals surface area (Å²) >= 11 is 0. The van der Waals surface area contributed by atoms with E-state index in [1.54, 1.807) is 6.92 Å². The van der Waals surface area contributed by atoms with E-state index in [4.69, 9.17) is 5.11 Å². The topological polar surface area (TPSA) is 83.5 Å². The number of carbonyl (C=O) groups excluding carboxylic acids is 2. The number of nitrogens with one attached hydrogen (secondary N) is 1. The predicted molar refractivity (Wildman–Crippen MR) is 49.8 cm³/mol. The molecule has 1 amide bonds. The molecule has 5 nitrogen and oxygen atoms in total. The van der Waals surface area contributed by atoms with Gasteiger partial charge in [-0.2, -0.15) is 0 Å². The van der Waals surface area contributed by atoms with Crippen LogP contribution in [0, 0.1) is 0 Å². The molecule has 0 saturated heterocycles. The number of carboxylic acids is 1. The normalized spacial score (nSPS) is 9.50. The van der Waals surface area contributed by atoms with Crippen molar-refractivity contribution < 1.29 is 19.5 Å². The Labute approximate surface area is 82.5 Å². The molecular weight excluding hydrogens is 186 g/mol. The molecule has 5 heteroatoms. The highest BCUT2D eigenvalue weighted by Gasteiger charge is 2.05. The number of ketones is 1. The fraction of sp³-hybridized carbons (Fsp3) is 0.667. The smallest absolute Gasteiger partial charge is 0.303 e. The number of hydrogen-bond donors (Lipinski definition) is 2. The first-order valence-corrected chi connectivity index (χ1v) is 4.56. The zero-order valence-corrected chi connectivity index (χ0v) is 8.21. The SMILES string of the molecule is CCC(=O)NCC(=O)CCCC(=O)O. The third-order valence-electron chi connectivity index (χ3n) is 1.65. The maximum absolute atomic E-state index is 11.0. The second kappa shape index (κ2) is 7.06. The number of carbonyl (C=O) groups is 3. The number of rotatable bonds is 7. The maximum atomic E-state index is 11.0. The van der Waals surface area contributed by atoms with Crippen LogP contribution in [0.5, 0.6) is 0 Å². The lowest BCUT2D eigenvalue weighted by molar-refractivity contribution is -0.137. The van der Waals surface area contributed by atoms with Gasteiger partial charge in [-0.05, 0) is 6.42 Å². The first kappa shape index (κ1) is 12.6. The molecular formula is C9H15NO4. The van der Waals surface area contributed by atoms with E-state index in [0.29, 0.717) is 12.8 Å². The molecule has 0 heterocycles. The second-order valence-corrected chi connectivity index (χ2v) is 2.92. The zero-order chi connectivity index (χ0) is 11.0. The molecule has 0 fully saturated rings. The van der Waals surface area contributed by atoms with Crippen LogP contribution < -0.4 is 5.32 Å². The van der Waals surface area contributed by atoms with Gasteiger partial charge in [0.15, 0.2) is 5.78 Å². The van der Waals surface area contributed by atoms with Crippen LogP contribution in [0.25, 0.3) is 0 Å². The third-order valence-corrected chi connectivity index (χ3v) is 1.65. The lowest BCUT2D eigenvalue weighted by Gasteiger charge is -2.01. The summed E-state index contributed by atoms with van der Waals surface area (Å²) in [6.07, 6.45) is 0.877. The molecule has 80 valence electrons. The van der Waals surface area contributed by atoms with Crippen molar-refractivity contribution >= 4 is 17.7 Å². The molecule has 0 aromatic rings. The van der Waals surface area contributed by atoms with E-state index in [1.165, 1.54) is 0 Å². The molecule has 0 spiro atoms. The molecule has 0 saturated carbocycles. The first-order valence-electron chi connectivity index (χ1n) is 4.56. The minimum Gasteiger partial charge on any atom is -0.481 e. The first-order chi connectivity index (χ1) is 6.56. The Morgan fingerprint density at radius 3 is 2.36 bits per heavy atom. The van der Waals surface area contributed by atoms with Gasteiger partial charge in [-0.1, -0.05) is 6.92 Å². The van der Waals surface area contributed by atoms with E-state index in [9.17, 15) is 14.4 Å². The average molecular weight is 201 g/mol. The molecule has 0 bridgehead atoms. The fourth-order valence-corrected chi connectivity index (χ4v) is 0.847. The van der Waals surface area contributed by atoms with Crippen molar-refractivity contribution in [3.05, 3.63) is 0 Å². The van der Waals surface area contributed by atoms with Crippen LogP contribution in [-0.2, 0) is 14.4 Å². The molecule has 0 aromatic carbocycles. The van der Waals surface area contributed by atoms with Crippen LogP contribution in [0.2, 0.25) is 0 Å². The fourth-order valence-electron chi connectivity index (χ4n) is 0.847. The minimum absolute atomic E-state index is 0.00624. The van der Waals surface area contributed by atoms with E-state index in [0.717, 1.165) is 0 Å². The van der Waals surface area contributed by atoms with E-state index in [-0.39, 0.29) is 31.1 Å². The Bertz CT molecular complexity index is 225. The Morgan fingerprint density at radius 2 is 1.86 bits per heavy atom. The van der Waals surface area contributed by atoms with Gasteiger partial charge in [0.1, 0.15) is 0 Å². The van der Waals surface area contributed by atoms with Gasteiger partial charge in [0.25, 0.3) is 0 Å². The Morgan fingerprint density at radius 1 is 1.21 bits per heavy atom. The molecule has 0 rings (SSSR count). The standard InChI is InChI=1S/C9H15NO4/c1-2-8(12)10-6-7(11)4-3-5-9(13)14/h2-6H2,1H3,(H,10,12)(H,13,14). The predicted octanol–water partition coefficient (Wildman–Crippen LogP) is 0.337. The van der Waals surface area contributed by atoms with Crippen molar-refractivity contribution in [2.24, 2.45) is 0 Å². The average Bonchev–Trinajstić information content (AvgIpc) is 2.13. The highest BCUT2D eigenvalue weighted by atomic mass is 16.4. The highest BCUT2D eigenvalue weighted by Crippen LogP contribution is 1.95. The Balaban J connectivity index is 3.46. The summed E-state index contributed by atoms with van der Waals surface area (Å²) in [7, 11) is 0. The van der Waals surface area contributed by atoms with Crippen molar-refractivity contribution in [2.75, 3.05) is 6.54 Å². The molecule has 0 aliphatic carbocycles. The van der Waals surface area contributed by atoms with Crippen LogP contribution in [0.3, 0.4) is 0 Å². The van der Waals surface area contributed by atoms with E-state index in [1.807, 2.05) is 0 Å². The molecule has 14 heavy (non-hydrogen) atoms. The second-order valence-electron chi connectivity index (χ2n) is 2.92. The van der Waals surface area contributed by atoms with Crippen LogP contribution in [0.15, 0.2) is 0 Å². The quantitative estimate of drug-likeness (QED) is 0.622. The summed E-state index contributed by atoms with van der Waals surface area (Å²) in [6, 6.07) is 0. The van der Waals surface area contributed by atoms with Gasteiger partial charge in [0.05, 0.1) is 6.54 Å². The summed E-state index contributed by atoms with van der Waals surface area (Å²) in [5, 5.41) is 10.7. The monoisotopic (exact) mass is 201 g/mol. The van der Waals surface area contributed by atoms with Crippen molar-refractivity contribution in [1.29, 1.82) is 0 Å². The van der Waals surface area contributed by atoms with Gasteiger partial charge in [-0.25, -0.2) is 0 Å². The zero-order valence-electron chi connectivity index (χ0n) is 8.21. The largest absolute Gasteiger partial charge is 0.481 e. The highest BCUT2D eigenvalue weighted by molar-refractivity contribution is 5.86. The van der Waals surface area contributed by atoms with Crippen LogP contribution in [0.4, 0.5) is 0 Å². The number of hydrogen-bond acceptors (Lipinski definition) is 3. The molecule has 0 atom stereocenters. The molecule has 0 aromatic heterocycles. The lowest BCUT2D eigenvalue weighted by Crippen LogP contribution is -2.28. The Kier molecular flexibility index (Phi) is 6.36. The lowest BCUT2D eigenvalue weighted by atomic mass is 10.2. The van der Waals surface area contributed by atoms with Crippen molar-refractivity contribution in [3.8, 4) is 0 Å². The van der Waals surface area contributed by atoms with Crippen molar-refractivity contribution in [3.63, 3.8) is 0 Å². The molecule has 0 unspecified atom stereocenters.